The van der Waals surface area contributed by atoms with Gasteiger partial charge in [-0.2, -0.15) is 11.8 Å². The molecule has 0 aromatic heterocycles. The zero-order chi connectivity index (χ0) is 29.1. The number of halogens is 1. The van der Waals surface area contributed by atoms with Gasteiger partial charge < -0.3 is 24.6 Å². The zero-order valence-corrected chi connectivity index (χ0v) is 23.9. The largest absolute Gasteiger partial charge is 0.497 e. The van der Waals surface area contributed by atoms with Crippen LogP contribution in [-0.2, 0) is 15.3 Å². The van der Waals surface area contributed by atoms with Gasteiger partial charge in [0.25, 0.3) is 5.91 Å². The lowest BCUT2D eigenvalue weighted by Gasteiger charge is -2.29. The fourth-order valence-electron chi connectivity index (χ4n) is 4.50. The second-order valence-electron chi connectivity index (χ2n) is 9.49. The fraction of sp³-hybridized carbons (Fsp3) is 0.312. The fourth-order valence-corrected chi connectivity index (χ4v) is 5.32. The number of hydrogen-bond donors (Lipinski definition) is 2. The molecule has 1 aliphatic rings. The Kier molecular flexibility index (Phi) is 10.8. The molecule has 1 amide bonds. The number of carbonyl (C=O) groups is 1. The maximum absolute atomic E-state index is 13.9. The molecular formula is C32H35FN2O5S. The van der Waals surface area contributed by atoms with E-state index in [1.807, 2.05) is 48.5 Å². The average Bonchev–Trinajstić information content (AvgIpc) is 3.39. The lowest BCUT2D eigenvalue weighted by atomic mass is 9.84. The number of aliphatic hydroxyl groups is 1. The number of amides is 1. The number of aliphatic imine (C=N–C) groups is 1. The summed E-state index contributed by atoms with van der Waals surface area (Å²) in [5.74, 6) is 2.53. The molecule has 41 heavy (non-hydrogen) atoms. The molecule has 0 saturated carbocycles. The molecule has 216 valence electrons. The third-order valence-corrected chi connectivity index (χ3v) is 7.63. The maximum Gasteiger partial charge on any atom is 0.252 e. The second-order valence-corrected chi connectivity index (χ2v) is 10.6. The summed E-state index contributed by atoms with van der Waals surface area (Å²) in [5, 5.41) is 12.0. The topological polar surface area (TPSA) is 89.4 Å². The summed E-state index contributed by atoms with van der Waals surface area (Å²) in [5.41, 5.74) is 1.21. The number of nitrogens with one attached hydrogen (secondary N) is 1. The van der Waals surface area contributed by atoms with Gasteiger partial charge in [0.2, 0.25) is 5.90 Å². The standard InChI is InChI=1S/C32H35FN2O5S/c1-3-16-32(31(37)34-17-20-41-22-23-8-12-26(33)13-9-23)29(25-6-4-7-28(21-25)38-2)40-30(35-32)24-10-14-27(15-11-24)39-19-5-18-36/h3-4,6-15,21,29,36H,1,5,16-20,22H2,2H3,(H,34,37)/t29-,32-/m1/s1. The first-order chi connectivity index (χ1) is 20.0. The van der Waals surface area contributed by atoms with Crippen molar-refractivity contribution in [3.05, 3.63) is 108 Å². The van der Waals surface area contributed by atoms with Crippen molar-refractivity contribution in [3.8, 4) is 11.5 Å². The molecule has 4 rings (SSSR count). The number of aliphatic hydroxyl groups excluding tert-OH is 1. The van der Waals surface area contributed by atoms with Crippen LogP contribution in [0.4, 0.5) is 4.39 Å². The van der Waals surface area contributed by atoms with Crippen molar-refractivity contribution in [1.82, 2.24) is 5.32 Å². The lowest BCUT2D eigenvalue weighted by Crippen LogP contribution is -2.48. The van der Waals surface area contributed by atoms with Crippen LogP contribution in [0.15, 0.2) is 90.4 Å². The van der Waals surface area contributed by atoms with E-state index in [9.17, 15) is 9.18 Å². The molecule has 0 spiro atoms. The van der Waals surface area contributed by atoms with E-state index in [0.717, 1.165) is 11.1 Å². The zero-order valence-electron chi connectivity index (χ0n) is 23.1. The summed E-state index contributed by atoms with van der Waals surface area (Å²) in [7, 11) is 1.59. The minimum absolute atomic E-state index is 0.0643. The van der Waals surface area contributed by atoms with Gasteiger partial charge in [-0.05, 0) is 59.7 Å². The Balaban J connectivity index is 1.54. The van der Waals surface area contributed by atoms with Crippen LogP contribution >= 0.6 is 11.8 Å². The van der Waals surface area contributed by atoms with Crippen molar-refractivity contribution in [2.75, 3.05) is 32.6 Å². The van der Waals surface area contributed by atoms with E-state index < -0.39 is 11.6 Å². The number of methoxy groups -OCH3 is 1. The molecule has 9 heteroatoms. The third-order valence-electron chi connectivity index (χ3n) is 6.60. The Labute approximate surface area is 244 Å². The summed E-state index contributed by atoms with van der Waals surface area (Å²) in [4.78, 5) is 18.8. The SMILES string of the molecule is C=CC[C@@]1(C(=O)NCCSCc2ccc(F)cc2)N=C(c2ccc(OCCCO)cc2)O[C@@H]1c1cccc(OC)c1. The molecule has 1 heterocycles. The van der Waals surface area contributed by atoms with Gasteiger partial charge in [0.1, 0.15) is 17.3 Å². The molecular weight excluding hydrogens is 543 g/mol. The van der Waals surface area contributed by atoms with Crippen LogP contribution in [0.1, 0.15) is 35.6 Å². The summed E-state index contributed by atoms with van der Waals surface area (Å²) in [6, 6.07) is 21.2. The summed E-state index contributed by atoms with van der Waals surface area (Å²) in [6.07, 6.45) is 1.78. The van der Waals surface area contributed by atoms with Crippen LogP contribution in [0.5, 0.6) is 11.5 Å². The van der Waals surface area contributed by atoms with E-state index in [4.69, 9.17) is 24.3 Å². The first kappa shape index (κ1) is 30.1. The molecule has 0 saturated heterocycles. The number of nitrogens with zero attached hydrogens (tertiary/aromatic N) is 1. The highest BCUT2D eigenvalue weighted by Crippen LogP contribution is 2.43. The van der Waals surface area contributed by atoms with Crippen molar-refractivity contribution < 1.29 is 28.5 Å². The molecule has 3 aromatic carbocycles. The van der Waals surface area contributed by atoms with Crippen molar-refractivity contribution >= 4 is 23.6 Å². The molecule has 3 aromatic rings. The van der Waals surface area contributed by atoms with Gasteiger partial charge in [0.05, 0.1) is 13.7 Å². The van der Waals surface area contributed by atoms with Gasteiger partial charge in [-0.3, -0.25) is 4.79 Å². The van der Waals surface area contributed by atoms with E-state index in [1.54, 1.807) is 37.1 Å². The Morgan fingerprint density at radius 2 is 1.95 bits per heavy atom. The highest BCUT2D eigenvalue weighted by atomic mass is 32.2. The quantitative estimate of drug-likeness (QED) is 0.184. The molecule has 2 atom stereocenters. The first-order valence-corrected chi connectivity index (χ1v) is 14.6. The number of thioether (sulfide) groups is 1. The molecule has 0 aliphatic carbocycles. The Morgan fingerprint density at radius 3 is 2.66 bits per heavy atom. The molecule has 0 unspecified atom stereocenters. The second kappa shape index (κ2) is 14.7. The smallest absolute Gasteiger partial charge is 0.252 e. The van der Waals surface area contributed by atoms with Crippen LogP contribution in [-0.4, -0.2) is 55.1 Å². The highest BCUT2D eigenvalue weighted by molar-refractivity contribution is 7.98. The van der Waals surface area contributed by atoms with Gasteiger partial charge in [-0.1, -0.05) is 30.3 Å². The van der Waals surface area contributed by atoms with Crippen molar-refractivity contribution in [2.45, 2.75) is 30.2 Å². The van der Waals surface area contributed by atoms with Crippen molar-refractivity contribution in [2.24, 2.45) is 4.99 Å². The number of ether oxygens (including phenoxy) is 3. The van der Waals surface area contributed by atoms with Gasteiger partial charge >= 0.3 is 0 Å². The summed E-state index contributed by atoms with van der Waals surface area (Å²) < 4.78 is 30.7. The minimum atomic E-state index is -1.28. The predicted octanol–water partition coefficient (Wildman–Crippen LogP) is 5.48. The number of benzene rings is 3. The van der Waals surface area contributed by atoms with Crippen molar-refractivity contribution in [3.63, 3.8) is 0 Å². The summed E-state index contributed by atoms with van der Waals surface area (Å²) >= 11 is 1.65. The number of hydrogen-bond acceptors (Lipinski definition) is 7. The third kappa shape index (κ3) is 7.68. The molecule has 7 nitrogen and oxygen atoms in total. The van der Waals surface area contributed by atoms with Crippen molar-refractivity contribution in [1.29, 1.82) is 0 Å². The van der Waals surface area contributed by atoms with Crippen LogP contribution in [0.3, 0.4) is 0 Å². The first-order valence-electron chi connectivity index (χ1n) is 13.4. The van der Waals surface area contributed by atoms with Gasteiger partial charge in [0.15, 0.2) is 11.6 Å². The van der Waals surface area contributed by atoms with Crippen LogP contribution < -0.4 is 14.8 Å². The van der Waals surface area contributed by atoms with Gasteiger partial charge in [-0.15, -0.1) is 6.58 Å². The maximum atomic E-state index is 13.9. The van der Waals surface area contributed by atoms with Gasteiger partial charge in [-0.25, -0.2) is 9.38 Å². The average molecular weight is 579 g/mol. The molecule has 2 N–H and O–H groups in total. The Hall–Kier alpha value is -3.82. The van der Waals surface area contributed by atoms with E-state index in [-0.39, 0.29) is 24.8 Å². The van der Waals surface area contributed by atoms with E-state index in [0.29, 0.717) is 54.0 Å². The highest BCUT2D eigenvalue weighted by Gasteiger charge is 2.52. The Bertz CT molecular complexity index is 1330. The van der Waals surface area contributed by atoms with Crippen LogP contribution in [0.25, 0.3) is 0 Å². The monoisotopic (exact) mass is 578 g/mol. The normalized spacial score (nSPS) is 17.8. The minimum Gasteiger partial charge on any atom is -0.497 e. The number of carbonyl (C=O) groups excluding carboxylic acids is 1. The molecule has 0 radical (unpaired) electrons. The Morgan fingerprint density at radius 1 is 1.17 bits per heavy atom. The molecule has 0 fully saturated rings. The number of rotatable bonds is 15. The van der Waals surface area contributed by atoms with E-state index in [1.165, 1.54) is 12.1 Å². The lowest BCUT2D eigenvalue weighted by molar-refractivity contribution is -0.128. The van der Waals surface area contributed by atoms with Crippen LogP contribution in [0, 0.1) is 5.82 Å². The summed E-state index contributed by atoms with van der Waals surface area (Å²) in [6.45, 7) is 4.82. The molecule has 0 bridgehead atoms. The van der Waals surface area contributed by atoms with Gasteiger partial charge in [0, 0.05) is 43.1 Å². The van der Waals surface area contributed by atoms with E-state index >= 15 is 0 Å². The predicted molar refractivity (Wildman–Crippen MR) is 160 cm³/mol. The van der Waals surface area contributed by atoms with Crippen LogP contribution in [0.2, 0.25) is 0 Å². The van der Waals surface area contributed by atoms with E-state index in [2.05, 4.69) is 11.9 Å². The molecule has 1 aliphatic heterocycles.